The van der Waals surface area contributed by atoms with Crippen LogP contribution in [0.4, 0.5) is 0 Å². The molecule has 6 heteroatoms. The van der Waals surface area contributed by atoms with Crippen molar-refractivity contribution >= 4 is 0 Å². The molecule has 0 saturated carbocycles. The maximum atomic E-state index is 9.68. The average Bonchev–Trinajstić information content (AvgIpc) is 2.87. The zero-order valence-corrected chi connectivity index (χ0v) is 20.5. The van der Waals surface area contributed by atoms with E-state index in [2.05, 4.69) is 13.0 Å². The molecular formula is C28H42O6. The Balaban J connectivity index is 2.01. The molecule has 0 radical (unpaired) electrons. The average molecular weight is 475 g/mol. The van der Waals surface area contributed by atoms with Gasteiger partial charge >= 0.3 is 0 Å². The number of unbranched alkanes of at least 4 members (excludes halogenated alkanes) is 7. The van der Waals surface area contributed by atoms with Crippen molar-refractivity contribution in [3.63, 3.8) is 0 Å². The van der Waals surface area contributed by atoms with Gasteiger partial charge in [0, 0.05) is 0 Å². The second-order valence-electron chi connectivity index (χ2n) is 8.87. The van der Waals surface area contributed by atoms with Crippen LogP contribution in [0.2, 0.25) is 0 Å². The van der Waals surface area contributed by atoms with Gasteiger partial charge in [0.2, 0.25) is 0 Å². The zero-order valence-electron chi connectivity index (χ0n) is 20.5. The number of benzene rings is 2. The molecule has 0 aliphatic rings. The molecule has 34 heavy (non-hydrogen) atoms. The second-order valence-corrected chi connectivity index (χ2v) is 8.87. The van der Waals surface area contributed by atoms with Crippen LogP contribution in [0.5, 0.6) is 11.5 Å². The molecule has 0 saturated heterocycles. The molecule has 2 atom stereocenters. The number of aliphatic hydroxyl groups excluding tert-OH is 4. The van der Waals surface area contributed by atoms with E-state index < -0.39 is 12.2 Å². The molecule has 0 bridgehead atoms. The number of rotatable bonds is 18. The zero-order chi connectivity index (χ0) is 24.6. The molecule has 0 fully saturated rings. The van der Waals surface area contributed by atoms with Gasteiger partial charge in [-0.05, 0) is 53.8 Å². The Bertz CT molecular complexity index is 792. The first-order valence-corrected chi connectivity index (χ1v) is 12.6. The number of aliphatic hydroxyl groups is 4. The van der Waals surface area contributed by atoms with Gasteiger partial charge in [0.25, 0.3) is 0 Å². The number of ether oxygens (including phenoxy) is 2. The summed E-state index contributed by atoms with van der Waals surface area (Å²) in [6.45, 7) is 1.69. The summed E-state index contributed by atoms with van der Waals surface area (Å²) in [5, 5.41) is 37.1. The summed E-state index contributed by atoms with van der Waals surface area (Å²) >= 11 is 0. The maximum absolute atomic E-state index is 9.68. The minimum Gasteiger partial charge on any atom is -0.491 e. The van der Waals surface area contributed by atoms with E-state index in [1.807, 2.05) is 36.4 Å². The minimum absolute atomic E-state index is 0.0460. The van der Waals surface area contributed by atoms with Crippen molar-refractivity contribution in [2.75, 3.05) is 26.4 Å². The Morgan fingerprint density at radius 3 is 1.85 bits per heavy atom. The molecule has 190 valence electrons. The highest BCUT2D eigenvalue weighted by molar-refractivity contribution is 5.66. The van der Waals surface area contributed by atoms with Crippen LogP contribution in [0.15, 0.2) is 42.5 Å². The van der Waals surface area contributed by atoms with E-state index in [1.165, 1.54) is 44.9 Å². The highest BCUT2D eigenvalue weighted by atomic mass is 16.5. The molecule has 2 aromatic carbocycles. The summed E-state index contributed by atoms with van der Waals surface area (Å²) in [6.07, 6.45) is 9.14. The lowest BCUT2D eigenvalue weighted by molar-refractivity contribution is 0.0533. The minimum atomic E-state index is -0.896. The molecule has 0 heterocycles. The van der Waals surface area contributed by atoms with Crippen molar-refractivity contribution in [2.45, 2.75) is 76.9 Å². The molecule has 2 rings (SSSR count). The van der Waals surface area contributed by atoms with Gasteiger partial charge in [-0.15, -0.1) is 0 Å². The van der Waals surface area contributed by atoms with E-state index in [4.69, 9.17) is 19.7 Å². The largest absolute Gasteiger partial charge is 0.491 e. The van der Waals surface area contributed by atoms with Crippen LogP contribution in [0.25, 0.3) is 11.1 Å². The van der Waals surface area contributed by atoms with Gasteiger partial charge in [-0.3, -0.25) is 0 Å². The molecule has 6 nitrogen and oxygen atoms in total. The number of hydrogen-bond acceptors (Lipinski definition) is 6. The van der Waals surface area contributed by atoms with Gasteiger partial charge in [0.1, 0.15) is 36.9 Å². The predicted molar refractivity (Wildman–Crippen MR) is 135 cm³/mol. The highest BCUT2D eigenvalue weighted by Gasteiger charge is 2.10. The normalized spacial score (nSPS) is 13.0. The van der Waals surface area contributed by atoms with Crippen LogP contribution in [0, 0.1) is 0 Å². The van der Waals surface area contributed by atoms with Crippen LogP contribution in [0.3, 0.4) is 0 Å². The second kappa shape index (κ2) is 16.5. The Hall–Kier alpha value is -2.12. The molecule has 0 aromatic heterocycles. The van der Waals surface area contributed by atoms with E-state index in [9.17, 15) is 10.2 Å². The van der Waals surface area contributed by atoms with Crippen LogP contribution >= 0.6 is 0 Å². The van der Waals surface area contributed by atoms with E-state index in [1.54, 1.807) is 0 Å². The fraction of sp³-hybridized carbons (Fsp3) is 0.571. The summed E-state index contributed by atoms with van der Waals surface area (Å²) < 4.78 is 11.3. The molecule has 0 spiro atoms. The third-order valence-electron chi connectivity index (χ3n) is 5.84. The molecule has 4 N–H and O–H groups in total. The van der Waals surface area contributed by atoms with Gasteiger partial charge in [0.15, 0.2) is 0 Å². The van der Waals surface area contributed by atoms with Crippen molar-refractivity contribution in [2.24, 2.45) is 0 Å². The predicted octanol–water partition coefficient (Wildman–Crippen LogP) is 4.50. The summed E-state index contributed by atoms with van der Waals surface area (Å²) in [5.74, 6) is 1.38. The monoisotopic (exact) mass is 474 g/mol. The quantitative estimate of drug-likeness (QED) is 0.237. The first kappa shape index (κ1) is 28.1. The fourth-order valence-corrected chi connectivity index (χ4v) is 3.77. The fourth-order valence-electron chi connectivity index (χ4n) is 3.77. The number of hydrogen-bond donors (Lipinski definition) is 4. The van der Waals surface area contributed by atoms with Gasteiger partial charge < -0.3 is 29.9 Å². The van der Waals surface area contributed by atoms with Gasteiger partial charge in [-0.2, -0.15) is 0 Å². The molecule has 2 unspecified atom stereocenters. The third-order valence-corrected chi connectivity index (χ3v) is 5.84. The van der Waals surface area contributed by atoms with Crippen LogP contribution in [-0.2, 0) is 6.42 Å². The first-order valence-electron chi connectivity index (χ1n) is 12.6. The van der Waals surface area contributed by atoms with Crippen molar-refractivity contribution < 1.29 is 29.9 Å². The highest BCUT2D eigenvalue weighted by Crippen LogP contribution is 2.29. The maximum Gasteiger partial charge on any atom is 0.122 e. The topological polar surface area (TPSA) is 99.4 Å². The molecule has 0 aliphatic carbocycles. The summed E-state index contributed by atoms with van der Waals surface area (Å²) in [5.41, 5.74) is 3.20. The summed E-state index contributed by atoms with van der Waals surface area (Å²) in [6, 6.07) is 13.7. The van der Waals surface area contributed by atoms with E-state index in [-0.39, 0.29) is 26.4 Å². The van der Waals surface area contributed by atoms with Gasteiger partial charge in [0.05, 0.1) is 13.2 Å². The van der Waals surface area contributed by atoms with Crippen molar-refractivity contribution in [1.82, 2.24) is 0 Å². The number of aryl methyl sites for hydroxylation is 1. The Morgan fingerprint density at radius 2 is 1.24 bits per heavy atom. The lowest BCUT2D eigenvalue weighted by Gasteiger charge is -2.16. The van der Waals surface area contributed by atoms with Crippen molar-refractivity contribution in [3.8, 4) is 22.6 Å². The van der Waals surface area contributed by atoms with Crippen molar-refractivity contribution in [3.05, 3.63) is 48.0 Å². The third kappa shape index (κ3) is 10.4. The lowest BCUT2D eigenvalue weighted by Crippen LogP contribution is -2.21. The van der Waals surface area contributed by atoms with E-state index in [0.29, 0.717) is 5.75 Å². The van der Waals surface area contributed by atoms with Gasteiger partial charge in [-0.1, -0.05) is 70.1 Å². The SMILES string of the molecule is CCCCCCCCCCc1cc(-c2ccc(OCC(O)CO)cc2)ccc1OCC(O)CO. The van der Waals surface area contributed by atoms with E-state index in [0.717, 1.165) is 35.3 Å². The molecule has 2 aromatic rings. The Kier molecular flexibility index (Phi) is 13.6. The first-order chi connectivity index (χ1) is 16.6. The van der Waals surface area contributed by atoms with E-state index >= 15 is 0 Å². The summed E-state index contributed by atoms with van der Waals surface area (Å²) in [4.78, 5) is 0. The molecule has 0 amide bonds. The Labute approximate surface area is 204 Å². The standard InChI is InChI=1S/C28H42O6/c1-2-3-4-5-6-7-8-9-10-24-17-23(13-16-28(24)34-21-26(32)19-30)22-11-14-27(15-12-22)33-20-25(31)18-29/h11-17,25-26,29-32H,2-10,18-21H2,1H3. The summed E-state index contributed by atoms with van der Waals surface area (Å²) in [7, 11) is 0. The van der Waals surface area contributed by atoms with Crippen molar-refractivity contribution in [1.29, 1.82) is 0 Å². The smallest absolute Gasteiger partial charge is 0.122 e. The van der Waals surface area contributed by atoms with Crippen LogP contribution < -0.4 is 9.47 Å². The molecule has 0 aliphatic heterocycles. The van der Waals surface area contributed by atoms with Crippen LogP contribution in [-0.4, -0.2) is 59.1 Å². The van der Waals surface area contributed by atoms with Crippen LogP contribution in [0.1, 0.15) is 63.9 Å². The molecular weight excluding hydrogens is 432 g/mol. The Morgan fingerprint density at radius 1 is 0.676 bits per heavy atom. The van der Waals surface area contributed by atoms with Gasteiger partial charge in [-0.25, -0.2) is 0 Å². The lowest BCUT2D eigenvalue weighted by atomic mass is 9.98.